The van der Waals surface area contributed by atoms with Crippen molar-refractivity contribution >= 4 is 11.6 Å². The summed E-state index contributed by atoms with van der Waals surface area (Å²) in [6.45, 7) is 9.00. The lowest BCUT2D eigenvalue weighted by molar-refractivity contribution is 0.787. The second-order valence-electron chi connectivity index (χ2n) is 5.98. The van der Waals surface area contributed by atoms with Crippen LogP contribution in [-0.2, 0) is 6.42 Å². The van der Waals surface area contributed by atoms with Gasteiger partial charge in [-0.15, -0.1) is 0 Å². The van der Waals surface area contributed by atoms with Crippen LogP contribution in [0.5, 0.6) is 0 Å². The van der Waals surface area contributed by atoms with E-state index in [1.54, 1.807) is 0 Å². The maximum atomic E-state index is 5.93. The van der Waals surface area contributed by atoms with E-state index in [4.69, 9.17) is 11.6 Å². The van der Waals surface area contributed by atoms with Crippen molar-refractivity contribution < 1.29 is 0 Å². The fourth-order valence-electron chi connectivity index (χ4n) is 2.49. The molecule has 0 aromatic heterocycles. The van der Waals surface area contributed by atoms with Crippen LogP contribution in [0.1, 0.15) is 61.8 Å². The third kappa shape index (κ3) is 3.64. The lowest BCUT2D eigenvalue weighted by atomic mass is 9.88. The number of halogens is 1. The van der Waals surface area contributed by atoms with Gasteiger partial charge >= 0.3 is 0 Å². The van der Waals surface area contributed by atoms with Gasteiger partial charge in [-0.1, -0.05) is 63.6 Å². The Bertz CT molecular complexity index is 565. The molecule has 2 aromatic rings. The highest BCUT2D eigenvalue weighted by molar-refractivity contribution is 6.30. The molecule has 0 aliphatic rings. The minimum atomic E-state index is 0.547. The summed E-state index contributed by atoms with van der Waals surface area (Å²) in [5.74, 6) is 1.10. The Morgan fingerprint density at radius 2 is 1.55 bits per heavy atom. The van der Waals surface area contributed by atoms with Gasteiger partial charge in [-0.25, -0.2) is 0 Å². The molecule has 1 heteroatoms. The van der Waals surface area contributed by atoms with Gasteiger partial charge in [0.15, 0.2) is 0 Å². The predicted octanol–water partition coefficient (Wildman–Crippen LogP) is 5.98. The molecule has 0 spiro atoms. The van der Waals surface area contributed by atoms with Gasteiger partial charge < -0.3 is 0 Å². The number of hydrogen-bond donors (Lipinski definition) is 0. The van der Waals surface area contributed by atoms with Crippen molar-refractivity contribution in [1.82, 2.24) is 0 Å². The van der Waals surface area contributed by atoms with E-state index in [2.05, 4.69) is 58.0 Å². The van der Waals surface area contributed by atoms with Gasteiger partial charge in [-0.2, -0.15) is 0 Å². The topological polar surface area (TPSA) is 0 Å². The molecule has 0 aliphatic carbocycles. The fourth-order valence-corrected chi connectivity index (χ4v) is 2.62. The van der Waals surface area contributed by atoms with E-state index in [-0.39, 0.29) is 0 Å². The maximum Gasteiger partial charge on any atom is 0.0406 e. The molecule has 0 heterocycles. The largest absolute Gasteiger partial charge is 0.0843 e. The molecule has 1 radical (unpaired) electrons. The monoisotopic (exact) mass is 285 g/mol. The maximum absolute atomic E-state index is 5.93. The first-order valence-electron chi connectivity index (χ1n) is 7.26. The summed E-state index contributed by atoms with van der Waals surface area (Å²) in [5, 5.41) is 0.788. The molecule has 2 rings (SSSR count). The summed E-state index contributed by atoms with van der Waals surface area (Å²) in [4.78, 5) is 0. The number of benzene rings is 2. The van der Waals surface area contributed by atoms with Gasteiger partial charge in [-0.05, 0) is 58.7 Å². The second-order valence-corrected chi connectivity index (χ2v) is 6.42. The van der Waals surface area contributed by atoms with E-state index in [0.29, 0.717) is 11.8 Å². The first-order valence-corrected chi connectivity index (χ1v) is 7.64. The highest BCUT2D eigenvalue weighted by Gasteiger charge is 2.11. The molecular weight excluding hydrogens is 264 g/mol. The van der Waals surface area contributed by atoms with Crippen LogP contribution in [0, 0.1) is 6.07 Å². The molecule has 0 amide bonds. The molecule has 0 unspecified atom stereocenters. The molecule has 0 bridgehead atoms. The van der Waals surface area contributed by atoms with Crippen molar-refractivity contribution in [2.45, 2.75) is 46.0 Å². The van der Waals surface area contributed by atoms with E-state index < -0.39 is 0 Å². The summed E-state index contributed by atoms with van der Waals surface area (Å²) in [6, 6.07) is 16.0. The van der Waals surface area contributed by atoms with Gasteiger partial charge in [0.2, 0.25) is 0 Å². The Balaban J connectivity index is 2.29. The molecular formula is C19H22Cl. The van der Waals surface area contributed by atoms with Gasteiger partial charge in [0, 0.05) is 5.02 Å². The van der Waals surface area contributed by atoms with Gasteiger partial charge in [0.25, 0.3) is 0 Å². The molecule has 2 aromatic carbocycles. The highest BCUT2D eigenvalue weighted by atomic mass is 35.5. The Labute approximate surface area is 127 Å². The van der Waals surface area contributed by atoms with E-state index >= 15 is 0 Å². The highest BCUT2D eigenvalue weighted by Crippen LogP contribution is 2.27. The standard InChI is InChI=1S/C19H22Cl/c1-13(2)18-10-7-16(12-19(18)14(3)4)11-15-5-8-17(20)9-6-15/h5-6,8-10,12-14H,11H2,1-4H3. The van der Waals surface area contributed by atoms with Crippen LogP contribution >= 0.6 is 11.6 Å². The molecule has 0 fully saturated rings. The third-order valence-electron chi connectivity index (χ3n) is 3.63. The molecule has 0 N–H and O–H groups in total. The predicted molar refractivity (Wildman–Crippen MR) is 87.7 cm³/mol. The van der Waals surface area contributed by atoms with Crippen molar-refractivity contribution in [3.05, 3.63) is 69.7 Å². The first-order chi connectivity index (χ1) is 9.47. The summed E-state index contributed by atoms with van der Waals surface area (Å²) in [6.07, 6.45) is 0.912. The average Bonchev–Trinajstić information content (AvgIpc) is 2.41. The number of hydrogen-bond acceptors (Lipinski definition) is 0. The zero-order valence-electron chi connectivity index (χ0n) is 12.7. The van der Waals surface area contributed by atoms with Gasteiger partial charge in [0.1, 0.15) is 0 Å². The summed E-state index contributed by atoms with van der Waals surface area (Å²) < 4.78 is 0. The van der Waals surface area contributed by atoms with Crippen molar-refractivity contribution in [2.75, 3.05) is 0 Å². The normalized spacial score (nSPS) is 11.3. The van der Waals surface area contributed by atoms with Crippen molar-refractivity contribution in [3.8, 4) is 0 Å². The van der Waals surface area contributed by atoms with Crippen LogP contribution in [0.4, 0.5) is 0 Å². The number of rotatable bonds is 4. The van der Waals surface area contributed by atoms with Crippen LogP contribution < -0.4 is 0 Å². The molecule has 0 saturated heterocycles. The van der Waals surface area contributed by atoms with Crippen molar-refractivity contribution in [2.24, 2.45) is 0 Å². The van der Waals surface area contributed by atoms with E-state index in [9.17, 15) is 0 Å². The van der Waals surface area contributed by atoms with Crippen LogP contribution in [0.2, 0.25) is 5.02 Å². The quantitative estimate of drug-likeness (QED) is 0.648. The summed E-state index contributed by atoms with van der Waals surface area (Å²) >= 11 is 5.93. The zero-order valence-corrected chi connectivity index (χ0v) is 13.5. The Morgan fingerprint density at radius 1 is 0.950 bits per heavy atom. The third-order valence-corrected chi connectivity index (χ3v) is 3.88. The SMILES string of the molecule is CC(C)c1c[c]c(Cc2ccc(Cl)cc2)cc1C(C)C. The Morgan fingerprint density at radius 3 is 2.10 bits per heavy atom. The second kappa shape index (κ2) is 6.45. The van der Waals surface area contributed by atoms with E-state index in [1.165, 1.54) is 22.3 Å². The molecule has 105 valence electrons. The molecule has 20 heavy (non-hydrogen) atoms. The van der Waals surface area contributed by atoms with E-state index in [1.807, 2.05) is 12.1 Å². The average molecular weight is 286 g/mol. The van der Waals surface area contributed by atoms with Crippen LogP contribution in [0.3, 0.4) is 0 Å². The fraction of sp³-hybridized carbons (Fsp3) is 0.368. The van der Waals surface area contributed by atoms with Crippen LogP contribution in [0.15, 0.2) is 36.4 Å². The molecule has 0 nitrogen and oxygen atoms in total. The van der Waals surface area contributed by atoms with Crippen molar-refractivity contribution in [1.29, 1.82) is 0 Å². The summed E-state index contributed by atoms with van der Waals surface area (Å²) in [5.41, 5.74) is 5.39. The molecule has 0 aliphatic heterocycles. The van der Waals surface area contributed by atoms with Gasteiger partial charge in [-0.3, -0.25) is 0 Å². The lowest BCUT2D eigenvalue weighted by Crippen LogP contribution is -2.01. The van der Waals surface area contributed by atoms with E-state index in [0.717, 1.165) is 11.4 Å². The minimum Gasteiger partial charge on any atom is -0.0843 e. The lowest BCUT2D eigenvalue weighted by Gasteiger charge is -2.17. The Hall–Kier alpha value is -1.27. The zero-order chi connectivity index (χ0) is 14.7. The summed E-state index contributed by atoms with van der Waals surface area (Å²) in [7, 11) is 0. The smallest absolute Gasteiger partial charge is 0.0406 e. The Kier molecular flexibility index (Phi) is 4.88. The molecule has 0 atom stereocenters. The first kappa shape index (κ1) is 15.1. The van der Waals surface area contributed by atoms with Crippen LogP contribution in [-0.4, -0.2) is 0 Å². The van der Waals surface area contributed by atoms with Crippen molar-refractivity contribution in [3.63, 3.8) is 0 Å². The van der Waals surface area contributed by atoms with Crippen LogP contribution in [0.25, 0.3) is 0 Å². The molecule has 0 saturated carbocycles. The van der Waals surface area contributed by atoms with Gasteiger partial charge in [0.05, 0.1) is 0 Å². The minimum absolute atomic E-state index is 0.547.